The van der Waals surface area contributed by atoms with Crippen molar-refractivity contribution in [3.8, 4) is 11.8 Å². The molecule has 1 saturated carbocycles. The summed E-state index contributed by atoms with van der Waals surface area (Å²) in [6, 6.07) is 12.1. The van der Waals surface area contributed by atoms with Crippen molar-refractivity contribution in [1.82, 2.24) is 4.90 Å². The molecule has 0 unspecified atom stereocenters. The molecule has 5 nitrogen and oxygen atoms in total. The second kappa shape index (κ2) is 6.77. The Balaban J connectivity index is 1.51. The van der Waals surface area contributed by atoms with Crippen molar-refractivity contribution >= 4 is 34.8 Å². The number of likely N-dealkylation sites (tertiary alicyclic amines) is 1. The van der Waals surface area contributed by atoms with Gasteiger partial charge >= 0.3 is 0 Å². The van der Waals surface area contributed by atoms with Crippen LogP contribution in [0, 0.1) is 18.8 Å². The molecule has 1 aliphatic carbocycles. The molecule has 3 aliphatic rings. The van der Waals surface area contributed by atoms with Crippen LogP contribution in [0.2, 0.25) is 5.02 Å². The Morgan fingerprint density at radius 3 is 2.58 bits per heavy atom. The van der Waals surface area contributed by atoms with Crippen LogP contribution >= 0.6 is 11.6 Å². The van der Waals surface area contributed by atoms with Crippen LogP contribution in [0.3, 0.4) is 0 Å². The average Bonchev–Trinajstić information content (AvgIpc) is 3.50. The van der Waals surface area contributed by atoms with Gasteiger partial charge in [0.05, 0.1) is 24.0 Å². The quantitative estimate of drug-likeness (QED) is 0.748. The monoisotopic (exact) mass is 433 g/mol. The van der Waals surface area contributed by atoms with Gasteiger partial charge in [0.15, 0.2) is 0 Å². The minimum atomic E-state index is -0.466. The summed E-state index contributed by atoms with van der Waals surface area (Å²) in [6.07, 6.45) is 1.86. The fourth-order valence-corrected chi connectivity index (χ4v) is 5.27. The number of nitrogens with one attached hydrogen (secondary N) is 1. The maximum atomic E-state index is 12.7. The molecule has 1 N–H and O–H groups in total. The van der Waals surface area contributed by atoms with Crippen LogP contribution in [0.1, 0.15) is 36.5 Å². The van der Waals surface area contributed by atoms with Crippen LogP contribution in [-0.2, 0) is 20.5 Å². The molecule has 5 rings (SSSR count). The number of benzene rings is 2. The molecule has 6 heteroatoms. The van der Waals surface area contributed by atoms with Gasteiger partial charge in [0.2, 0.25) is 5.91 Å². The van der Waals surface area contributed by atoms with Gasteiger partial charge < -0.3 is 15.1 Å². The highest BCUT2D eigenvalue weighted by molar-refractivity contribution is 6.31. The van der Waals surface area contributed by atoms with Gasteiger partial charge in [-0.1, -0.05) is 35.7 Å². The average molecular weight is 434 g/mol. The number of hydrogen-bond acceptors (Lipinski definition) is 3. The zero-order valence-corrected chi connectivity index (χ0v) is 18.6. The van der Waals surface area contributed by atoms with Gasteiger partial charge in [-0.2, -0.15) is 0 Å². The van der Waals surface area contributed by atoms with E-state index in [1.807, 2.05) is 32.2 Å². The summed E-state index contributed by atoms with van der Waals surface area (Å²) in [5.41, 5.74) is 4.32. The molecule has 2 aromatic carbocycles. The number of amides is 2. The Morgan fingerprint density at radius 2 is 1.90 bits per heavy atom. The fraction of sp³-hybridized carbons (Fsp3) is 0.360. The van der Waals surface area contributed by atoms with E-state index in [1.165, 1.54) is 0 Å². The lowest BCUT2D eigenvalue weighted by Crippen LogP contribution is -2.65. The van der Waals surface area contributed by atoms with Gasteiger partial charge in [-0.05, 0) is 67.5 Å². The zero-order chi connectivity index (χ0) is 22.0. The number of halogens is 1. The smallest absolute Gasteiger partial charge is 0.298 e. The lowest BCUT2D eigenvalue weighted by Gasteiger charge is -2.51. The third kappa shape index (κ3) is 2.85. The predicted molar refractivity (Wildman–Crippen MR) is 122 cm³/mol. The van der Waals surface area contributed by atoms with E-state index in [0.29, 0.717) is 18.1 Å². The molecule has 2 amide bonds. The van der Waals surface area contributed by atoms with E-state index in [9.17, 15) is 9.59 Å². The number of likely N-dealkylation sites (N-methyl/N-ethyl adjacent to an activating group) is 1. The third-order valence-corrected chi connectivity index (χ3v) is 7.36. The van der Waals surface area contributed by atoms with Crippen LogP contribution in [-0.4, -0.2) is 36.9 Å². The number of fused-ring (bicyclic) bond motifs is 2. The van der Waals surface area contributed by atoms with Crippen LogP contribution in [0.25, 0.3) is 0 Å². The number of carbonyl (C=O) groups excluding carboxylic acids is 2. The number of hydrogen-bond donors (Lipinski definition) is 1. The Hall–Kier alpha value is -2.97. The molecule has 2 aliphatic heterocycles. The van der Waals surface area contributed by atoms with Crippen molar-refractivity contribution in [2.45, 2.75) is 37.6 Å². The van der Waals surface area contributed by atoms with Crippen LogP contribution < -0.4 is 10.2 Å². The fourth-order valence-electron chi connectivity index (χ4n) is 5.10. The summed E-state index contributed by atoms with van der Waals surface area (Å²) < 4.78 is 0. The van der Waals surface area contributed by atoms with E-state index in [1.54, 1.807) is 16.7 Å². The molecule has 2 heterocycles. The largest absolute Gasteiger partial charge is 0.372 e. The highest BCUT2D eigenvalue weighted by atomic mass is 35.5. The molecule has 1 saturated heterocycles. The topological polar surface area (TPSA) is 52.7 Å². The highest BCUT2D eigenvalue weighted by Gasteiger charge is 2.58. The van der Waals surface area contributed by atoms with Gasteiger partial charge in [-0.15, -0.1) is 0 Å². The Morgan fingerprint density at radius 1 is 1.16 bits per heavy atom. The Bertz CT molecular complexity index is 1180. The summed E-state index contributed by atoms with van der Waals surface area (Å²) in [7, 11) is 1.85. The van der Waals surface area contributed by atoms with Gasteiger partial charge in [0, 0.05) is 23.4 Å². The molecular formula is C25H24ClN3O2. The van der Waals surface area contributed by atoms with Gasteiger partial charge in [-0.3, -0.25) is 9.59 Å². The summed E-state index contributed by atoms with van der Waals surface area (Å²) in [6.45, 7) is 4.66. The summed E-state index contributed by atoms with van der Waals surface area (Å²) in [5.74, 6) is 5.33. The second-order valence-electron chi connectivity index (χ2n) is 8.83. The highest BCUT2D eigenvalue weighted by Crippen LogP contribution is 2.57. The van der Waals surface area contributed by atoms with Crippen molar-refractivity contribution in [1.29, 1.82) is 0 Å². The first kappa shape index (κ1) is 20.0. The van der Waals surface area contributed by atoms with Gasteiger partial charge in [-0.25, -0.2) is 0 Å². The zero-order valence-electron chi connectivity index (χ0n) is 17.9. The predicted octanol–water partition coefficient (Wildman–Crippen LogP) is 3.83. The number of anilines is 2. The molecule has 0 bridgehead atoms. The van der Waals surface area contributed by atoms with E-state index in [-0.39, 0.29) is 17.2 Å². The molecule has 0 atom stereocenters. The number of rotatable bonds is 3. The molecule has 0 aromatic heterocycles. The maximum Gasteiger partial charge on any atom is 0.298 e. The number of nitrogens with zero attached hydrogens (tertiary/aromatic N) is 2. The second-order valence-corrected chi connectivity index (χ2v) is 9.24. The first-order valence-corrected chi connectivity index (χ1v) is 10.9. The summed E-state index contributed by atoms with van der Waals surface area (Å²) >= 11 is 6.43. The molecule has 31 heavy (non-hydrogen) atoms. The van der Waals surface area contributed by atoms with E-state index < -0.39 is 5.54 Å². The van der Waals surface area contributed by atoms with Gasteiger partial charge in [0.25, 0.3) is 5.91 Å². The SMILES string of the molecule is CC#CC(=O)N1CC(Nc2ccc3c(c2)N(C)C(=O)C32CC2)(c2cccc(Cl)c2C)C1. The molecule has 2 aromatic rings. The third-order valence-electron chi connectivity index (χ3n) is 6.95. The van der Waals surface area contributed by atoms with Crippen molar-refractivity contribution in [3.63, 3.8) is 0 Å². The lowest BCUT2D eigenvalue weighted by molar-refractivity contribution is -0.131. The van der Waals surface area contributed by atoms with E-state index in [4.69, 9.17) is 11.6 Å². The molecule has 158 valence electrons. The molecule has 0 radical (unpaired) electrons. The lowest BCUT2D eigenvalue weighted by atomic mass is 9.79. The minimum Gasteiger partial charge on any atom is -0.372 e. The summed E-state index contributed by atoms with van der Waals surface area (Å²) in [5, 5.41) is 4.38. The molecule has 2 fully saturated rings. The Labute approximate surface area is 187 Å². The van der Waals surface area contributed by atoms with Crippen LogP contribution in [0.5, 0.6) is 0 Å². The van der Waals surface area contributed by atoms with E-state index in [0.717, 1.165) is 40.9 Å². The molecule has 1 spiro atoms. The number of carbonyl (C=O) groups is 2. The summed E-state index contributed by atoms with van der Waals surface area (Å²) in [4.78, 5) is 28.6. The standard InChI is InChI=1S/C25H24ClN3O2/c1-4-6-22(30)29-14-25(15-29,18-7-5-8-20(26)16(18)2)27-17-9-10-19-21(13-17)28(3)23(31)24(19)11-12-24/h5,7-10,13,27H,11-12,14-15H2,1-3H3. The first-order valence-electron chi connectivity index (χ1n) is 10.5. The minimum absolute atomic E-state index is 0.172. The Kier molecular flexibility index (Phi) is 4.36. The van der Waals surface area contributed by atoms with Crippen molar-refractivity contribution in [2.24, 2.45) is 0 Å². The van der Waals surface area contributed by atoms with E-state index >= 15 is 0 Å². The van der Waals surface area contributed by atoms with Crippen molar-refractivity contribution in [3.05, 3.63) is 58.1 Å². The van der Waals surface area contributed by atoms with Crippen LogP contribution in [0.4, 0.5) is 11.4 Å². The normalized spacial score (nSPS) is 19.4. The van der Waals surface area contributed by atoms with Crippen molar-refractivity contribution < 1.29 is 9.59 Å². The van der Waals surface area contributed by atoms with E-state index in [2.05, 4.69) is 35.4 Å². The van der Waals surface area contributed by atoms with Crippen molar-refractivity contribution in [2.75, 3.05) is 30.4 Å². The first-order chi connectivity index (χ1) is 14.8. The van der Waals surface area contributed by atoms with Crippen LogP contribution in [0.15, 0.2) is 36.4 Å². The molecular weight excluding hydrogens is 410 g/mol. The van der Waals surface area contributed by atoms with Gasteiger partial charge in [0.1, 0.15) is 0 Å². The maximum absolute atomic E-state index is 12.7.